The largest absolute Gasteiger partial charge is 0.454 e. The third-order valence-electron chi connectivity index (χ3n) is 4.26. The average molecular weight is 370 g/mol. The predicted molar refractivity (Wildman–Crippen MR) is 99.7 cm³/mol. The summed E-state index contributed by atoms with van der Waals surface area (Å²) in [7, 11) is -3.47. The summed E-state index contributed by atoms with van der Waals surface area (Å²) in [5.41, 5.74) is 2.55. The van der Waals surface area contributed by atoms with Crippen molar-refractivity contribution in [1.82, 2.24) is 4.41 Å². The molecule has 6 nitrogen and oxygen atoms in total. The van der Waals surface area contributed by atoms with Gasteiger partial charge in [-0.15, -0.1) is 0 Å². The zero-order valence-corrected chi connectivity index (χ0v) is 15.0. The van der Waals surface area contributed by atoms with Crippen molar-refractivity contribution in [2.24, 2.45) is 5.10 Å². The van der Waals surface area contributed by atoms with Crippen LogP contribution < -0.4 is 9.47 Å². The number of benzene rings is 2. The monoisotopic (exact) mass is 370 g/mol. The molecule has 0 spiro atoms. The van der Waals surface area contributed by atoms with Gasteiger partial charge >= 0.3 is 0 Å². The molecule has 1 atom stereocenters. The van der Waals surface area contributed by atoms with Crippen molar-refractivity contribution in [1.29, 1.82) is 0 Å². The first-order valence-electron chi connectivity index (χ1n) is 8.21. The van der Waals surface area contributed by atoms with E-state index in [4.69, 9.17) is 9.47 Å². The minimum absolute atomic E-state index is 0.198. The molecular weight excluding hydrogens is 352 g/mol. The highest BCUT2D eigenvalue weighted by atomic mass is 32.2. The summed E-state index contributed by atoms with van der Waals surface area (Å²) in [4.78, 5) is 0. The van der Waals surface area contributed by atoms with Crippen LogP contribution in [-0.4, -0.2) is 37.6 Å². The number of hydrogen-bond donors (Lipinski definition) is 0. The molecule has 0 bridgehead atoms. The molecule has 4 rings (SSSR count). The van der Waals surface area contributed by atoms with Crippen LogP contribution in [0.3, 0.4) is 0 Å². The molecular formula is C19H18N2O4S. The van der Waals surface area contributed by atoms with Gasteiger partial charge in [0.2, 0.25) is 16.8 Å². The van der Waals surface area contributed by atoms with Crippen LogP contribution in [0, 0.1) is 0 Å². The summed E-state index contributed by atoms with van der Waals surface area (Å²) < 4.78 is 36.2. The molecule has 134 valence electrons. The topological polar surface area (TPSA) is 68.2 Å². The maximum absolute atomic E-state index is 12.2. The van der Waals surface area contributed by atoms with Crippen LogP contribution in [0.5, 0.6) is 11.5 Å². The van der Waals surface area contributed by atoms with Crippen LogP contribution in [-0.2, 0) is 10.0 Å². The summed E-state index contributed by atoms with van der Waals surface area (Å²) in [6.07, 6.45) is 5.46. The summed E-state index contributed by atoms with van der Waals surface area (Å²) in [5.74, 6) is 1.34. The van der Waals surface area contributed by atoms with Crippen molar-refractivity contribution in [3.63, 3.8) is 0 Å². The summed E-state index contributed by atoms with van der Waals surface area (Å²) in [6, 6.07) is 14.9. The molecule has 2 aliphatic heterocycles. The zero-order valence-electron chi connectivity index (χ0n) is 14.2. The molecule has 2 aromatic rings. The molecule has 0 fully saturated rings. The van der Waals surface area contributed by atoms with Gasteiger partial charge in [-0.2, -0.15) is 9.52 Å². The highest BCUT2D eigenvalue weighted by Gasteiger charge is 2.32. The SMILES string of the molecule is CS(=O)(=O)N1N=C(c2ccc3c(c2)OCO3)C[C@@H]1/C=C/c1ccccc1. The Labute approximate surface area is 152 Å². The van der Waals surface area contributed by atoms with E-state index in [1.54, 1.807) is 0 Å². The molecule has 26 heavy (non-hydrogen) atoms. The molecule has 0 aromatic heterocycles. The van der Waals surface area contributed by atoms with Gasteiger partial charge < -0.3 is 9.47 Å². The Morgan fingerprint density at radius 2 is 1.88 bits per heavy atom. The van der Waals surface area contributed by atoms with Crippen LogP contribution in [0.2, 0.25) is 0 Å². The summed E-state index contributed by atoms with van der Waals surface area (Å²) >= 11 is 0. The van der Waals surface area contributed by atoms with E-state index in [0.29, 0.717) is 23.6 Å². The zero-order chi connectivity index (χ0) is 18.1. The highest BCUT2D eigenvalue weighted by molar-refractivity contribution is 7.88. The second kappa shape index (κ2) is 6.49. The van der Waals surface area contributed by atoms with Gasteiger partial charge in [0, 0.05) is 12.0 Å². The number of fused-ring (bicyclic) bond motifs is 1. The Balaban J connectivity index is 1.62. The van der Waals surface area contributed by atoms with Gasteiger partial charge in [0.05, 0.1) is 18.0 Å². The fraction of sp³-hybridized carbons (Fsp3) is 0.211. The van der Waals surface area contributed by atoms with Crippen molar-refractivity contribution >= 4 is 21.8 Å². The normalized spacial score (nSPS) is 19.2. The molecule has 0 unspecified atom stereocenters. The fourth-order valence-corrected chi connectivity index (χ4v) is 3.89. The van der Waals surface area contributed by atoms with E-state index in [0.717, 1.165) is 11.1 Å². The molecule has 2 aliphatic rings. The van der Waals surface area contributed by atoms with E-state index in [1.807, 2.05) is 60.7 Å². The van der Waals surface area contributed by atoms with Crippen molar-refractivity contribution in [2.45, 2.75) is 12.5 Å². The first kappa shape index (κ1) is 16.7. The Morgan fingerprint density at radius 1 is 1.12 bits per heavy atom. The number of hydrazone groups is 1. The van der Waals surface area contributed by atoms with E-state index in [-0.39, 0.29) is 12.8 Å². The number of rotatable bonds is 4. The van der Waals surface area contributed by atoms with Crippen molar-refractivity contribution in [2.75, 3.05) is 13.0 Å². The first-order chi connectivity index (χ1) is 12.5. The second-order valence-electron chi connectivity index (χ2n) is 6.19. The third-order valence-corrected chi connectivity index (χ3v) is 5.29. The van der Waals surface area contributed by atoms with Gasteiger partial charge in [0.15, 0.2) is 11.5 Å². The van der Waals surface area contributed by atoms with E-state index in [1.165, 1.54) is 10.7 Å². The lowest BCUT2D eigenvalue weighted by atomic mass is 10.0. The van der Waals surface area contributed by atoms with E-state index in [9.17, 15) is 8.42 Å². The quantitative estimate of drug-likeness (QED) is 0.830. The Kier molecular flexibility index (Phi) is 4.16. The van der Waals surface area contributed by atoms with Crippen LogP contribution in [0.15, 0.2) is 59.7 Å². The lowest BCUT2D eigenvalue weighted by molar-refractivity contribution is 0.174. The lowest BCUT2D eigenvalue weighted by Gasteiger charge is -2.17. The summed E-state index contributed by atoms with van der Waals surface area (Å²) in [6.45, 7) is 0.198. The van der Waals surface area contributed by atoms with Crippen LogP contribution >= 0.6 is 0 Å². The molecule has 0 aliphatic carbocycles. The maximum atomic E-state index is 12.2. The van der Waals surface area contributed by atoms with Gasteiger partial charge in [0.1, 0.15) is 0 Å². The van der Waals surface area contributed by atoms with Gasteiger partial charge in [-0.25, -0.2) is 8.42 Å². The van der Waals surface area contributed by atoms with Crippen molar-refractivity contribution < 1.29 is 17.9 Å². The second-order valence-corrected chi connectivity index (χ2v) is 8.03. The Bertz CT molecular complexity index is 984. The van der Waals surface area contributed by atoms with Gasteiger partial charge in [0.25, 0.3) is 0 Å². The number of sulfonamides is 1. The summed E-state index contributed by atoms with van der Waals surface area (Å²) in [5, 5.41) is 4.36. The molecule has 0 saturated carbocycles. The van der Waals surface area contributed by atoms with E-state index >= 15 is 0 Å². The van der Waals surface area contributed by atoms with Gasteiger partial charge in [-0.3, -0.25) is 0 Å². The number of nitrogens with zero attached hydrogens (tertiary/aromatic N) is 2. The maximum Gasteiger partial charge on any atom is 0.247 e. The Hall–Kier alpha value is -2.80. The Morgan fingerprint density at radius 3 is 2.65 bits per heavy atom. The predicted octanol–water partition coefficient (Wildman–Crippen LogP) is 2.87. The number of ether oxygens (including phenoxy) is 2. The number of hydrogen-bond acceptors (Lipinski definition) is 5. The lowest BCUT2D eigenvalue weighted by Crippen LogP contribution is -2.30. The molecule has 2 heterocycles. The van der Waals surface area contributed by atoms with E-state index < -0.39 is 10.0 Å². The van der Waals surface area contributed by atoms with E-state index in [2.05, 4.69) is 5.10 Å². The highest BCUT2D eigenvalue weighted by Crippen LogP contribution is 2.34. The fourth-order valence-electron chi connectivity index (χ4n) is 3.01. The van der Waals surface area contributed by atoms with Crippen molar-refractivity contribution in [3.8, 4) is 11.5 Å². The molecule has 7 heteroatoms. The standard InChI is InChI=1S/C19H18N2O4S/c1-26(22,23)21-16(9-7-14-5-3-2-4-6-14)12-17(20-21)15-8-10-18-19(11-15)25-13-24-18/h2-11,16H,12-13H2,1H3/b9-7+/t16-/m0/s1. The molecule has 0 saturated heterocycles. The first-order valence-corrected chi connectivity index (χ1v) is 10.1. The molecule has 0 amide bonds. The molecule has 0 radical (unpaired) electrons. The third kappa shape index (κ3) is 3.30. The van der Waals surface area contributed by atoms with Gasteiger partial charge in [-0.1, -0.05) is 42.5 Å². The van der Waals surface area contributed by atoms with Crippen molar-refractivity contribution in [3.05, 3.63) is 65.7 Å². The minimum atomic E-state index is -3.47. The minimum Gasteiger partial charge on any atom is -0.454 e. The molecule has 0 N–H and O–H groups in total. The molecule has 2 aromatic carbocycles. The van der Waals surface area contributed by atoms with Crippen LogP contribution in [0.4, 0.5) is 0 Å². The van der Waals surface area contributed by atoms with Crippen LogP contribution in [0.25, 0.3) is 6.08 Å². The van der Waals surface area contributed by atoms with Crippen LogP contribution in [0.1, 0.15) is 17.5 Å². The smallest absolute Gasteiger partial charge is 0.247 e. The van der Waals surface area contributed by atoms with Gasteiger partial charge in [-0.05, 0) is 23.8 Å². The average Bonchev–Trinajstić information content (AvgIpc) is 3.26.